The van der Waals surface area contributed by atoms with Gasteiger partial charge in [0, 0.05) is 18.3 Å². The third kappa shape index (κ3) is 1.82. The minimum atomic E-state index is 0.608. The molecule has 1 aromatic heterocycles. The maximum Gasteiger partial charge on any atom is 0.153 e. The highest BCUT2D eigenvalue weighted by Crippen LogP contribution is 2.32. The molecule has 17 heavy (non-hydrogen) atoms. The first-order chi connectivity index (χ1) is 7.91. The number of hydrogen-bond donors (Lipinski definition) is 1. The highest BCUT2D eigenvalue weighted by Gasteiger charge is 2.15. The maximum atomic E-state index is 6.00. The summed E-state index contributed by atoms with van der Waals surface area (Å²) in [5.41, 5.74) is 13.2. The molecule has 0 spiro atoms. The van der Waals surface area contributed by atoms with E-state index < -0.39 is 0 Å². The molecular weight excluding hydrogens is 210 g/mol. The number of anilines is 1. The minimum absolute atomic E-state index is 0.608. The molecule has 0 unspecified atom stereocenters. The molecule has 2 rings (SSSR count). The summed E-state index contributed by atoms with van der Waals surface area (Å²) < 4.78 is 1.83. The van der Waals surface area contributed by atoms with E-state index in [1.165, 1.54) is 22.3 Å². The monoisotopic (exact) mass is 229 g/mol. The van der Waals surface area contributed by atoms with E-state index >= 15 is 0 Å². The Kier molecular flexibility index (Phi) is 2.69. The Morgan fingerprint density at radius 3 is 2.12 bits per heavy atom. The number of aromatic nitrogens is 2. The first-order valence-electron chi connectivity index (χ1n) is 5.79. The number of nitrogen functional groups attached to an aromatic ring is 1. The molecule has 1 aromatic carbocycles. The van der Waals surface area contributed by atoms with Crippen molar-refractivity contribution in [2.24, 2.45) is 7.05 Å². The molecule has 0 fully saturated rings. The zero-order chi connectivity index (χ0) is 12.7. The minimum Gasteiger partial charge on any atom is -0.382 e. The van der Waals surface area contributed by atoms with Gasteiger partial charge in [0.2, 0.25) is 0 Å². The number of benzene rings is 1. The van der Waals surface area contributed by atoms with Gasteiger partial charge in [0.05, 0.1) is 0 Å². The van der Waals surface area contributed by atoms with Gasteiger partial charge in [0.15, 0.2) is 5.82 Å². The molecule has 2 N–H and O–H groups in total. The Bertz CT molecular complexity index is 580. The van der Waals surface area contributed by atoms with E-state index in [1.54, 1.807) is 0 Å². The number of aryl methyl sites for hydroxylation is 4. The summed E-state index contributed by atoms with van der Waals surface area (Å²) >= 11 is 0. The topological polar surface area (TPSA) is 43.8 Å². The lowest BCUT2D eigenvalue weighted by atomic mass is 9.95. The first-order valence-corrected chi connectivity index (χ1v) is 5.79. The molecule has 3 nitrogen and oxygen atoms in total. The van der Waals surface area contributed by atoms with Crippen LogP contribution in [0.5, 0.6) is 0 Å². The van der Waals surface area contributed by atoms with Crippen molar-refractivity contribution in [3.05, 3.63) is 34.5 Å². The standard InChI is InChI=1S/C14H19N3/c1-8-6-10(3)12(7-9(8)2)13-11(4)17(5)16-14(13)15/h6-7H,1-5H3,(H2,15,16). The van der Waals surface area contributed by atoms with Crippen LogP contribution in [0.15, 0.2) is 12.1 Å². The molecule has 1 heterocycles. The van der Waals surface area contributed by atoms with E-state index in [0.717, 1.165) is 11.3 Å². The lowest BCUT2D eigenvalue weighted by Crippen LogP contribution is -1.94. The normalized spacial score (nSPS) is 10.9. The second-order valence-electron chi connectivity index (χ2n) is 4.72. The van der Waals surface area contributed by atoms with Gasteiger partial charge in [-0.1, -0.05) is 12.1 Å². The number of rotatable bonds is 1. The molecule has 0 amide bonds. The summed E-state index contributed by atoms with van der Waals surface area (Å²) in [5, 5.41) is 4.27. The van der Waals surface area contributed by atoms with Crippen molar-refractivity contribution in [3.8, 4) is 11.1 Å². The predicted molar refractivity (Wildman–Crippen MR) is 72.0 cm³/mol. The Morgan fingerprint density at radius 2 is 1.59 bits per heavy atom. The molecule has 0 aliphatic heterocycles. The molecule has 90 valence electrons. The summed E-state index contributed by atoms with van der Waals surface area (Å²) in [5.74, 6) is 0.608. The highest BCUT2D eigenvalue weighted by atomic mass is 15.3. The maximum absolute atomic E-state index is 6.00. The summed E-state index contributed by atoms with van der Waals surface area (Å²) in [6, 6.07) is 4.40. The SMILES string of the molecule is Cc1cc(C)c(-c2c(N)nn(C)c2C)cc1C. The number of nitrogens with zero attached hydrogens (tertiary/aromatic N) is 2. The first kappa shape index (κ1) is 11.7. The fourth-order valence-electron chi connectivity index (χ4n) is 2.20. The second-order valence-corrected chi connectivity index (χ2v) is 4.72. The molecule has 0 saturated carbocycles. The van der Waals surface area contributed by atoms with Gasteiger partial charge in [-0.05, 0) is 49.9 Å². The van der Waals surface area contributed by atoms with Crippen molar-refractivity contribution in [2.75, 3.05) is 5.73 Å². The smallest absolute Gasteiger partial charge is 0.153 e. The quantitative estimate of drug-likeness (QED) is 0.817. The van der Waals surface area contributed by atoms with E-state index in [2.05, 4.69) is 38.0 Å². The van der Waals surface area contributed by atoms with Gasteiger partial charge in [0.1, 0.15) is 0 Å². The van der Waals surface area contributed by atoms with Crippen molar-refractivity contribution in [1.82, 2.24) is 9.78 Å². The molecule has 0 aliphatic rings. The Hall–Kier alpha value is -1.77. The van der Waals surface area contributed by atoms with E-state index in [4.69, 9.17) is 5.73 Å². The number of hydrogen-bond acceptors (Lipinski definition) is 2. The lowest BCUT2D eigenvalue weighted by molar-refractivity contribution is 0.744. The Labute approximate surface area is 102 Å². The van der Waals surface area contributed by atoms with Crippen LogP contribution < -0.4 is 5.73 Å². The van der Waals surface area contributed by atoms with Crippen molar-refractivity contribution in [2.45, 2.75) is 27.7 Å². The Balaban J connectivity index is 2.72. The van der Waals surface area contributed by atoms with Gasteiger partial charge in [0.25, 0.3) is 0 Å². The summed E-state index contributed by atoms with van der Waals surface area (Å²) in [6.07, 6.45) is 0. The number of nitrogens with two attached hydrogens (primary N) is 1. The average molecular weight is 229 g/mol. The van der Waals surface area contributed by atoms with Gasteiger partial charge >= 0.3 is 0 Å². The lowest BCUT2D eigenvalue weighted by Gasteiger charge is -2.10. The summed E-state index contributed by atoms with van der Waals surface area (Å²) in [7, 11) is 1.92. The zero-order valence-corrected chi connectivity index (χ0v) is 11.1. The molecule has 3 heteroatoms. The molecule has 0 aliphatic carbocycles. The summed E-state index contributed by atoms with van der Waals surface area (Å²) in [6.45, 7) is 8.42. The van der Waals surface area contributed by atoms with Crippen LogP contribution >= 0.6 is 0 Å². The molecule has 0 radical (unpaired) electrons. The fourth-order valence-corrected chi connectivity index (χ4v) is 2.20. The van der Waals surface area contributed by atoms with Crippen LogP contribution in [0.1, 0.15) is 22.4 Å². The van der Waals surface area contributed by atoms with Gasteiger partial charge in [-0.2, -0.15) is 5.10 Å². The molecular formula is C14H19N3. The van der Waals surface area contributed by atoms with E-state index in [1.807, 2.05) is 18.7 Å². The van der Waals surface area contributed by atoms with Crippen LogP contribution in [0.2, 0.25) is 0 Å². The van der Waals surface area contributed by atoms with Gasteiger partial charge in [-0.3, -0.25) is 4.68 Å². The fraction of sp³-hybridized carbons (Fsp3) is 0.357. The highest BCUT2D eigenvalue weighted by molar-refractivity contribution is 5.79. The third-order valence-electron chi connectivity index (χ3n) is 3.47. The largest absolute Gasteiger partial charge is 0.382 e. The Morgan fingerprint density at radius 1 is 1.00 bits per heavy atom. The van der Waals surface area contributed by atoms with Crippen molar-refractivity contribution in [1.29, 1.82) is 0 Å². The molecule has 0 saturated heterocycles. The van der Waals surface area contributed by atoms with E-state index in [-0.39, 0.29) is 0 Å². The van der Waals surface area contributed by atoms with Crippen LogP contribution in [0.4, 0.5) is 5.82 Å². The van der Waals surface area contributed by atoms with Crippen molar-refractivity contribution < 1.29 is 0 Å². The van der Waals surface area contributed by atoms with E-state index in [0.29, 0.717) is 5.82 Å². The van der Waals surface area contributed by atoms with E-state index in [9.17, 15) is 0 Å². The molecule has 0 atom stereocenters. The van der Waals surface area contributed by atoms with Gasteiger partial charge in [-0.25, -0.2) is 0 Å². The molecule has 2 aromatic rings. The average Bonchev–Trinajstić information content (AvgIpc) is 2.48. The summed E-state index contributed by atoms with van der Waals surface area (Å²) in [4.78, 5) is 0. The van der Waals surface area contributed by atoms with Crippen LogP contribution in [-0.4, -0.2) is 9.78 Å². The van der Waals surface area contributed by atoms with Crippen LogP contribution in [0.25, 0.3) is 11.1 Å². The van der Waals surface area contributed by atoms with Gasteiger partial charge < -0.3 is 5.73 Å². The van der Waals surface area contributed by atoms with Crippen molar-refractivity contribution >= 4 is 5.82 Å². The third-order valence-corrected chi connectivity index (χ3v) is 3.47. The van der Waals surface area contributed by atoms with Crippen LogP contribution in [0.3, 0.4) is 0 Å². The van der Waals surface area contributed by atoms with Crippen LogP contribution in [-0.2, 0) is 7.05 Å². The van der Waals surface area contributed by atoms with Gasteiger partial charge in [-0.15, -0.1) is 0 Å². The van der Waals surface area contributed by atoms with Crippen LogP contribution in [0, 0.1) is 27.7 Å². The zero-order valence-electron chi connectivity index (χ0n) is 11.1. The predicted octanol–water partition coefficient (Wildman–Crippen LogP) is 2.90. The van der Waals surface area contributed by atoms with Crippen molar-refractivity contribution in [3.63, 3.8) is 0 Å². The molecule has 0 bridgehead atoms. The second kappa shape index (κ2) is 3.91.